The normalized spacial score (nSPS) is 21.8. The van der Waals surface area contributed by atoms with Gasteiger partial charge in [-0.2, -0.15) is 0 Å². The quantitative estimate of drug-likeness (QED) is 0.899. The Bertz CT molecular complexity index is 493. The molecule has 0 bridgehead atoms. The molecule has 2 unspecified atom stereocenters. The van der Waals surface area contributed by atoms with Crippen LogP contribution in [0.1, 0.15) is 24.8 Å². The van der Waals surface area contributed by atoms with Crippen molar-refractivity contribution in [2.45, 2.75) is 32.3 Å². The summed E-state index contributed by atoms with van der Waals surface area (Å²) in [6.45, 7) is 2.45. The van der Waals surface area contributed by atoms with Crippen LogP contribution in [0.2, 0.25) is 5.02 Å². The lowest BCUT2D eigenvalue weighted by molar-refractivity contribution is 0.116. The molecule has 2 N–H and O–H groups in total. The van der Waals surface area contributed by atoms with E-state index in [-0.39, 0.29) is 18.1 Å². The summed E-state index contributed by atoms with van der Waals surface area (Å²) in [5.41, 5.74) is 1.58. The van der Waals surface area contributed by atoms with Crippen molar-refractivity contribution >= 4 is 23.3 Å². The number of rotatable bonds is 3. The van der Waals surface area contributed by atoms with Crippen LogP contribution in [-0.4, -0.2) is 35.7 Å². The molecular formula is C15H21ClN2O2. The van der Waals surface area contributed by atoms with E-state index in [1.54, 1.807) is 18.0 Å². The minimum Gasteiger partial charge on any atom is -0.393 e. The maximum absolute atomic E-state index is 12.2. The van der Waals surface area contributed by atoms with Gasteiger partial charge in [0, 0.05) is 30.2 Å². The van der Waals surface area contributed by atoms with Gasteiger partial charge in [0.25, 0.3) is 0 Å². The van der Waals surface area contributed by atoms with Gasteiger partial charge in [0.1, 0.15) is 0 Å². The van der Waals surface area contributed by atoms with Gasteiger partial charge in [-0.1, -0.05) is 24.1 Å². The number of halogens is 1. The van der Waals surface area contributed by atoms with Crippen molar-refractivity contribution in [3.63, 3.8) is 0 Å². The van der Waals surface area contributed by atoms with Crippen LogP contribution in [0.5, 0.6) is 0 Å². The second-order valence-electron chi connectivity index (χ2n) is 5.48. The molecule has 0 aliphatic heterocycles. The van der Waals surface area contributed by atoms with Crippen molar-refractivity contribution in [3.8, 4) is 0 Å². The zero-order valence-corrected chi connectivity index (χ0v) is 12.7. The van der Waals surface area contributed by atoms with E-state index in [4.69, 9.17) is 11.6 Å². The molecule has 1 aromatic rings. The smallest absolute Gasteiger partial charge is 0.321 e. The van der Waals surface area contributed by atoms with Gasteiger partial charge in [0.05, 0.1) is 6.10 Å². The molecule has 0 heterocycles. The van der Waals surface area contributed by atoms with Gasteiger partial charge in [-0.05, 0) is 37.5 Å². The highest BCUT2D eigenvalue weighted by atomic mass is 35.5. The molecule has 1 aliphatic rings. The van der Waals surface area contributed by atoms with E-state index < -0.39 is 0 Å². The van der Waals surface area contributed by atoms with Crippen LogP contribution >= 0.6 is 11.6 Å². The van der Waals surface area contributed by atoms with Gasteiger partial charge in [0.15, 0.2) is 0 Å². The molecule has 1 aromatic carbocycles. The summed E-state index contributed by atoms with van der Waals surface area (Å²) in [6.07, 6.45) is 2.58. The van der Waals surface area contributed by atoms with Crippen LogP contribution in [0.15, 0.2) is 18.2 Å². The summed E-state index contributed by atoms with van der Waals surface area (Å²) in [7, 11) is 1.75. The third kappa shape index (κ3) is 3.44. The van der Waals surface area contributed by atoms with Crippen LogP contribution in [-0.2, 0) is 0 Å². The first-order chi connectivity index (χ1) is 9.49. The number of benzene rings is 1. The van der Waals surface area contributed by atoms with Gasteiger partial charge in [-0.3, -0.25) is 0 Å². The Hall–Kier alpha value is -1.26. The van der Waals surface area contributed by atoms with Crippen molar-refractivity contribution in [2.24, 2.45) is 5.92 Å². The topological polar surface area (TPSA) is 52.6 Å². The summed E-state index contributed by atoms with van der Waals surface area (Å²) in [5.74, 6) is 0.186. The number of carbonyl (C=O) groups is 1. The molecule has 2 amide bonds. The number of hydrogen-bond acceptors (Lipinski definition) is 2. The summed E-state index contributed by atoms with van der Waals surface area (Å²) >= 11 is 6.04. The van der Waals surface area contributed by atoms with E-state index in [1.165, 1.54) is 0 Å². The minimum absolute atomic E-state index is 0.172. The maximum atomic E-state index is 12.2. The van der Waals surface area contributed by atoms with Gasteiger partial charge >= 0.3 is 6.03 Å². The fourth-order valence-electron chi connectivity index (χ4n) is 2.62. The first-order valence-corrected chi connectivity index (χ1v) is 7.32. The first-order valence-electron chi connectivity index (χ1n) is 6.94. The third-order valence-electron chi connectivity index (χ3n) is 3.98. The number of anilines is 1. The summed E-state index contributed by atoms with van der Waals surface area (Å²) in [5, 5.41) is 13.3. The van der Waals surface area contributed by atoms with E-state index in [9.17, 15) is 9.90 Å². The Kier molecular flexibility index (Phi) is 4.89. The number of aliphatic hydroxyl groups excluding tert-OH is 1. The summed E-state index contributed by atoms with van der Waals surface area (Å²) in [4.78, 5) is 13.8. The van der Waals surface area contributed by atoms with E-state index in [0.717, 1.165) is 30.5 Å². The lowest BCUT2D eigenvalue weighted by atomic mass is 10.1. The highest BCUT2D eigenvalue weighted by Gasteiger charge is 2.27. The van der Waals surface area contributed by atoms with Crippen molar-refractivity contribution in [1.82, 2.24) is 4.90 Å². The number of carbonyl (C=O) groups excluding carboxylic acids is 1. The maximum Gasteiger partial charge on any atom is 0.321 e. The van der Waals surface area contributed by atoms with Crippen LogP contribution in [0, 0.1) is 12.8 Å². The summed E-state index contributed by atoms with van der Waals surface area (Å²) in [6, 6.07) is 5.27. The largest absolute Gasteiger partial charge is 0.393 e. The molecule has 1 fully saturated rings. The van der Waals surface area contributed by atoms with Crippen LogP contribution < -0.4 is 5.32 Å². The molecule has 2 rings (SSSR count). The van der Waals surface area contributed by atoms with E-state index in [2.05, 4.69) is 5.32 Å². The fraction of sp³-hybridized carbons (Fsp3) is 0.533. The average Bonchev–Trinajstić information content (AvgIpc) is 2.80. The molecule has 1 aliphatic carbocycles. The lowest BCUT2D eigenvalue weighted by Gasteiger charge is -2.24. The van der Waals surface area contributed by atoms with Crippen molar-refractivity contribution in [1.29, 1.82) is 0 Å². The van der Waals surface area contributed by atoms with E-state index in [0.29, 0.717) is 11.6 Å². The zero-order chi connectivity index (χ0) is 14.7. The molecule has 4 nitrogen and oxygen atoms in total. The number of urea groups is 1. The third-order valence-corrected chi connectivity index (χ3v) is 4.39. The molecule has 110 valence electrons. The monoisotopic (exact) mass is 296 g/mol. The predicted octanol–water partition coefficient (Wildman–Crippen LogP) is 3.27. The molecule has 0 spiro atoms. The molecule has 5 heteroatoms. The Balaban J connectivity index is 1.95. The second-order valence-corrected chi connectivity index (χ2v) is 5.89. The summed E-state index contributed by atoms with van der Waals surface area (Å²) < 4.78 is 0. The van der Waals surface area contributed by atoms with Crippen molar-refractivity contribution in [3.05, 3.63) is 28.8 Å². The number of amides is 2. The number of nitrogens with one attached hydrogen (secondary N) is 1. The van der Waals surface area contributed by atoms with Crippen LogP contribution in [0.3, 0.4) is 0 Å². The molecule has 0 radical (unpaired) electrons. The molecule has 0 saturated heterocycles. The Morgan fingerprint density at radius 2 is 2.25 bits per heavy atom. The highest BCUT2D eigenvalue weighted by Crippen LogP contribution is 2.27. The minimum atomic E-state index is -0.279. The number of aliphatic hydroxyl groups is 1. The van der Waals surface area contributed by atoms with E-state index in [1.807, 2.05) is 19.1 Å². The average molecular weight is 297 g/mol. The number of nitrogens with zero attached hydrogens (tertiary/aromatic N) is 1. The van der Waals surface area contributed by atoms with Gasteiger partial charge < -0.3 is 15.3 Å². The van der Waals surface area contributed by atoms with Gasteiger partial charge in [0.2, 0.25) is 0 Å². The molecule has 1 saturated carbocycles. The Labute approximate surface area is 124 Å². The molecule has 20 heavy (non-hydrogen) atoms. The predicted molar refractivity (Wildman–Crippen MR) is 81.2 cm³/mol. The second kappa shape index (κ2) is 6.46. The first kappa shape index (κ1) is 15.1. The Morgan fingerprint density at radius 1 is 1.50 bits per heavy atom. The van der Waals surface area contributed by atoms with Crippen molar-refractivity contribution < 1.29 is 9.90 Å². The van der Waals surface area contributed by atoms with E-state index >= 15 is 0 Å². The van der Waals surface area contributed by atoms with Crippen molar-refractivity contribution in [2.75, 3.05) is 18.9 Å². The van der Waals surface area contributed by atoms with Gasteiger partial charge in [-0.15, -0.1) is 0 Å². The van der Waals surface area contributed by atoms with Crippen LogP contribution in [0.4, 0.5) is 10.5 Å². The Morgan fingerprint density at radius 3 is 2.90 bits per heavy atom. The zero-order valence-electron chi connectivity index (χ0n) is 11.9. The van der Waals surface area contributed by atoms with Gasteiger partial charge in [-0.25, -0.2) is 4.79 Å². The van der Waals surface area contributed by atoms with Crippen LogP contribution in [0.25, 0.3) is 0 Å². The molecular weight excluding hydrogens is 276 g/mol. The molecule has 0 aromatic heterocycles. The standard InChI is InChI=1S/C15H21ClN2O2/c1-10-12(16)6-4-7-13(10)17-15(20)18(2)9-11-5-3-8-14(11)19/h4,6-7,11,14,19H,3,5,8-9H2,1-2H3,(H,17,20). The lowest BCUT2D eigenvalue weighted by Crippen LogP contribution is -2.37. The SMILES string of the molecule is Cc1c(Cl)cccc1NC(=O)N(C)CC1CCCC1O. The highest BCUT2D eigenvalue weighted by molar-refractivity contribution is 6.31. The molecule has 2 atom stereocenters. The fourth-order valence-corrected chi connectivity index (χ4v) is 2.79. The number of hydrogen-bond donors (Lipinski definition) is 2.